The van der Waals surface area contributed by atoms with Crippen LogP contribution >= 0.6 is 0 Å². The zero-order valence-electron chi connectivity index (χ0n) is 29.3. The topological polar surface area (TPSA) is 8.17 Å². The van der Waals surface area contributed by atoms with E-state index >= 15 is 0 Å². The van der Waals surface area contributed by atoms with Gasteiger partial charge in [0.2, 0.25) is 0 Å². The molecule has 0 aliphatic heterocycles. The minimum atomic E-state index is 0.173. The first-order valence-electron chi connectivity index (χ1n) is 19.4. The minimum Gasteiger partial charge on any atom is -0.310 e. The van der Waals surface area contributed by atoms with Crippen molar-refractivity contribution >= 4 is 49.6 Å². The first-order valence-corrected chi connectivity index (χ1v) is 19.4. The van der Waals surface area contributed by atoms with Gasteiger partial charge in [0.1, 0.15) is 0 Å². The van der Waals surface area contributed by atoms with Crippen molar-refractivity contribution in [1.29, 1.82) is 0 Å². The predicted molar refractivity (Wildman–Crippen MR) is 216 cm³/mol. The maximum absolute atomic E-state index is 2.55. The number of aromatic nitrogens is 1. The monoisotopic (exact) mass is 668 g/mol. The van der Waals surface area contributed by atoms with E-state index in [1.54, 1.807) is 11.1 Å². The van der Waals surface area contributed by atoms with Gasteiger partial charge in [0, 0.05) is 38.6 Å². The van der Waals surface area contributed by atoms with Crippen molar-refractivity contribution in [2.24, 2.45) is 23.7 Å². The van der Waals surface area contributed by atoms with Crippen LogP contribution in [0.2, 0.25) is 0 Å². The normalized spacial score (nSPS) is 23.8. The van der Waals surface area contributed by atoms with Crippen LogP contribution in [0.25, 0.3) is 49.4 Å². The Morgan fingerprint density at radius 1 is 0.462 bits per heavy atom. The molecule has 0 radical (unpaired) electrons. The van der Waals surface area contributed by atoms with E-state index in [-0.39, 0.29) is 5.41 Å². The van der Waals surface area contributed by atoms with E-state index < -0.39 is 0 Å². The van der Waals surface area contributed by atoms with Gasteiger partial charge in [0.25, 0.3) is 0 Å². The molecule has 0 unspecified atom stereocenters. The highest BCUT2D eigenvalue weighted by atomic mass is 15.1. The van der Waals surface area contributed by atoms with Crippen LogP contribution in [0, 0.1) is 23.7 Å². The molecule has 4 fully saturated rings. The summed E-state index contributed by atoms with van der Waals surface area (Å²) in [6.07, 6.45) is 7.10. The third kappa shape index (κ3) is 3.85. The van der Waals surface area contributed by atoms with Gasteiger partial charge >= 0.3 is 0 Å². The van der Waals surface area contributed by atoms with Crippen molar-refractivity contribution in [3.8, 4) is 16.8 Å². The quantitative estimate of drug-likeness (QED) is 0.181. The van der Waals surface area contributed by atoms with Gasteiger partial charge in [-0.25, -0.2) is 0 Å². The predicted octanol–water partition coefficient (Wildman–Crippen LogP) is 13.1. The SMILES string of the molecule is c1ccc2c(c1)-c1cc(N(c3ccc(-n4c5ccccc5c5ccccc54)cc3)c3cccc4ccccc34)ccc1C21C2CC3CC(C2)CC1C3. The molecule has 2 heteroatoms. The first-order chi connectivity index (χ1) is 25.8. The van der Waals surface area contributed by atoms with Crippen LogP contribution in [0.1, 0.15) is 43.2 Å². The highest BCUT2D eigenvalue weighted by Gasteiger charge is 2.61. The van der Waals surface area contributed by atoms with Gasteiger partial charge in [0.15, 0.2) is 0 Å². The third-order valence-corrected chi connectivity index (χ3v) is 13.7. The lowest BCUT2D eigenvalue weighted by Crippen LogP contribution is -2.55. The lowest BCUT2D eigenvalue weighted by molar-refractivity contribution is -0.0399. The summed E-state index contributed by atoms with van der Waals surface area (Å²) in [5, 5.41) is 5.09. The molecule has 1 aromatic heterocycles. The molecule has 1 spiro atoms. The average molecular weight is 669 g/mol. The van der Waals surface area contributed by atoms with Crippen LogP contribution in [-0.4, -0.2) is 4.57 Å². The zero-order chi connectivity index (χ0) is 34.0. The van der Waals surface area contributed by atoms with Crippen molar-refractivity contribution in [3.05, 3.63) is 169 Å². The number of benzene rings is 7. The highest BCUT2D eigenvalue weighted by Crippen LogP contribution is 2.69. The van der Waals surface area contributed by atoms with Gasteiger partial charge in [-0.05, 0) is 138 Å². The summed E-state index contributed by atoms with van der Waals surface area (Å²) in [4.78, 5) is 2.50. The average Bonchev–Trinajstić information content (AvgIpc) is 3.68. The molecule has 5 aliphatic rings. The van der Waals surface area contributed by atoms with Crippen molar-refractivity contribution in [2.75, 3.05) is 4.90 Å². The van der Waals surface area contributed by atoms with E-state index in [2.05, 4.69) is 167 Å². The highest BCUT2D eigenvalue weighted by molar-refractivity contribution is 6.09. The summed E-state index contributed by atoms with van der Waals surface area (Å²) in [6.45, 7) is 0. The number of rotatable bonds is 4. The van der Waals surface area contributed by atoms with Gasteiger partial charge in [-0.15, -0.1) is 0 Å². The Morgan fingerprint density at radius 2 is 1.04 bits per heavy atom. The van der Waals surface area contributed by atoms with E-state index in [1.165, 1.54) is 92.9 Å². The summed E-state index contributed by atoms with van der Waals surface area (Å²) in [5.41, 5.74) is 13.5. The standard InChI is InChI=1S/C50H40N2/c1-2-12-40-34(10-1)11-9-19-47(40)51(37-20-22-38(23-21-37)52-48-17-7-4-14-42(48)43-15-5-8-18-49(43)52)39-24-25-46-44(31-39)41-13-3-6-16-45(41)50(46)35-27-32-26-33(29-35)30-36(50)28-32/h1-25,31-33,35-36H,26-30H2. The van der Waals surface area contributed by atoms with Gasteiger partial charge in [-0.1, -0.05) is 103 Å². The largest absolute Gasteiger partial charge is 0.310 e. The molecule has 0 atom stereocenters. The van der Waals surface area contributed by atoms with Crippen LogP contribution in [0.3, 0.4) is 0 Å². The molecule has 1 heterocycles. The maximum Gasteiger partial charge on any atom is 0.0541 e. The van der Waals surface area contributed by atoms with Crippen molar-refractivity contribution < 1.29 is 0 Å². The fourth-order valence-corrected chi connectivity index (χ4v) is 12.1. The lowest BCUT2D eigenvalue weighted by Gasteiger charge is -2.61. The Labute approximate surface area is 305 Å². The molecule has 52 heavy (non-hydrogen) atoms. The fourth-order valence-electron chi connectivity index (χ4n) is 12.1. The number of anilines is 3. The van der Waals surface area contributed by atoms with Crippen LogP contribution in [0.15, 0.2) is 158 Å². The second kappa shape index (κ2) is 10.7. The minimum absolute atomic E-state index is 0.173. The molecule has 8 aromatic rings. The van der Waals surface area contributed by atoms with E-state index in [4.69, 9.17) is 0 Å². The Bertz CT molecular complexity index is 2630. The van der Waals surface area contributed by atoms with Crippen molar-refractivity contribution in [2.45, 2.75) is 37.5 Å². The molecule has 0 N–H and O–H groups in total. The molecule has 13 rings (SSSR count). The molecule has 0 saturated heterocycles. The number of hydrogen-bond donors (Lipinski definition) is 0. The second-order valence-electron chi connectivity index (χ2n) is 16.2. The van der Waals surface area contributed by atoms with Gasteiger partial charge in [0.05, 0.1) is 16.7 Å². The van der Waals surface area contributed by atoms with E-state index in [9.17, 15) is 0 Å². The van der Waals surface area contributed by atoms with E-state index in [0.29, 0.717) is 0 Å². The molecule has 250 valence electrons. The van der Waals surface area contributed by atoms with E-state index in [1.807, 2.05) is 0 Å². The molecular weight excluding hydrogens is 629 g/mol. The molecule has 2 nitrogen and oxygen atoms in total. The summed E-state index contributed by atoms with van der Waals surface area (Å²) in [5.74, 6) is 3.41. The number of hydrogen-bond acceptors (Lipinski definition) is 1. The number of para-hydroxylation sites is 2. The molecular formula is C50H40N2. The lowest BCUT2D eigenvalue weighted by atomic mass is 9.43. The van der Waals surface area contributed by atoms with Gasteiger partial charge in [-0.2, -0.15) is 0 Å². The maximum atomic E-state index is 2.55. The smallest absolute Gasteiger partial charge is 0.0541 e. The summed E-state index contributed by atoms with van der Waals surface area (Å²) < 4.78 is 2.41. The van der Waals surface area contributed by atoms with Crippen LogP contribution < -0.4 is 4.90 Å². The van der Waals surface area contributed by atoms with Crippen LogP contribution in [-0.2, 0) is 5.41 Å². The zero-order valence-corrected chi connectivity index (χ0v) is 29.3. The Kier molecular flexibility index (Phi) is 5.98. The van der Waals surface area contributed by atoms with Crippen molar-refractivity contribution in [3.63, 3.8) is 0 Å². The summed E-state index contributed by atoms with van der Waals surface area (Å²) >= 11 is 0. The Morgan fingerprint density at radius 3 is 1.77 bits per heavy atom. The molecule has 4 bridgehead atoms. The van der Waals surface area contributed by atoms with Crippen LogP contribution in [0.5, 0.6) is 0 Å². The fraction of sp³-hybridized carbons (Fsp3) is 0.200. The third-order valence-electron chi connectivity index (χ3n) is 13.7. The summed E-state index contributed by atoms with van der Waals surface area (Å²) in [6, 6.07) is 59.4. The van der Waals surface area contributed by atoms with E-state index in [0.717, 1.165) is 29.4 Å². The van der Waals surface area contributed by atoms with Crippen molar-refractivity contribution in [1.82, 2.24) is 4.57 Å². The molecule has 4 saturated carbocycles. The number of nitrogens with zero attached hydrogens (tertiary/aromatic N) is 2. The molecule has 5 aliphatic carbocycles. The Hall–Kier alpha value is -5.60. The van der Waals surface area contributed by atoms with Gasteiger partial charge in [-0.3, -0.25) is 0 Å². The van der Waals surface area contributed by atoms with Gasteiger partial charge < -0.3 is 9.47 Å². The molecule has 0 amide bonds. The number of fused-ring (bicyclic) bond motifs is 7. The van der Waals surface area contributed by atoms with Crippen LogP contribution in [0.4, 0.5) is 17.1 Å². The Balaban J connectivity index is 1.05. The summed E-state index contributed by atoms with van der Waals surface area (Å²) in [7, 11) is 0. The molecule has 7 aromatic carbocycles. The second-order valence-corrected chi connectivity index (χ2v) is 16.2. The first kappa shape index (κ1) is 29.0.